The van der Waals surface area contributed by atoms with E-state index in [9.17, 15) is 9.59 Å². The molecule has 0 fully saturated rings. The summed E-state index contributed by atoms with van der Waals surface area (Å²) in [5, 5.41) is 19.7. The van der Waals surface area contributed by atoms with E-state index < -0.39 is 0 Å². The van der Waals surface area contributed by atoms with Crippen molar-refractivity contribution in [1.82, 2.24) is 19.8 Å². The first-order valence-electron chi connectivity index (χ1n) is 10.5. The fraction of sp³-hybridized carbons (Fsp3) is 0.174. The van der Waals surface area contributed by atoms with E-state index in [1.54, 1.807) is 39.6 Å². The maximum Gasteiger partial charge on any atom is 0.253 e. The number of benzene rings is 1. The third kappa shape index (κ3) is 4.66. The summed E-state index contributed by atoms with van der Waals surface area (Å²) in [4.78, 5) is 25.7. The molecule has 1 aliphatic rings. The van der Waals surface area contributed by atoms with Gasteiger partial charge in [0.1, 0.15) is 17.8 Å². The van der Waals surface area contributed by atoms with Gasteiger partial charge in [-0.15, -0.1) is 21.5 Å². The summed E-state index contributed by atoms with van der Waals surface area (Å²) in [7, 11) is 0. The molecule has 1 unspecified atom stereocenters. The Morgan fingerprint density at radius 3 is 2.91 bits per heavy atom. The van der Waals surface area contributed by atoms with Crippen LogP contribution in [0.25, 0.3) is 5.69 Å². The van der Waals surface area contributed by atoms with Crippen molar-refractivity contribution in [2.75, 3.05) is 11.1 Å². The van der Waals surface area contributed by atoms with E-state index in [4.69, 9.17) is 4.42 Å². The summed E-state index contributed by atoms with van der Waals surface area (Å²) in [6, 6.07) is 14.8. The maximum atomic E-state index is 13.3. The lowest BCUT2D eigenvalue weighted by Gasteiger charge is -2.20. The van der Waals surface area contributed by atoms with Gasteiger partial charge in [-0.05, 0) is 41.8 Å². The number of aromatic nitrogens is 3. The molecule has 1 aromatic carbocycles. The van der Waals surface area contributed by atoms with E-state index in [0.29, 0.717) is 23.0 Å². The molecule has 1 atom stereocenters. The SMILES string of the molecule is CC(=O)Nc1cccc(-n2cnnc2SCC(=O)N2N=C(c3ccco3)CC2c2cccs2)c1. The van der Waals surface area contributed by atoms with E-state index in [1.807, 2.05) is 47.8 Å². The third-order valence-corrected chi connectivity index (χ3v) is 7.03. The highest BCUT2D eigenvalue weighted by molar-refractivity contribution is 7.99. The second-order valence-electron chi connectivity index (χ2n) is 7.50. The lowest BCUT2D eigenvalue weighted by Crippen LogP contribution is -2.28. The second-order valence-corrected chi connectivity index (χ2v) is 9.42. The minimum Gasteiger partial charge on any atom is -0.463 e. The molecule has 3 aromatic heterocycles. The molecule has 4 heterocycles. The molecule has 4 aromatic rings. The van der Waals surface area contributed by atoms with Crippen molar-refractivity contribution >= 4 is 46.3 Å². The van der Waals surface area contributed by atoms with E-state index in [2.05, 4.69) is 20.6 Å². The Morgan fingerprint density at radius 2 is 2.15 bits per heavy atom. The van der Waals surface area contributed by atoms with Crippen molar-refractivity contribution in [3.63, 3.8) is 0 Å². The number of hydrazone groups is 1. The van der Waals surface area contributed by atoms with Crippen molar-refractivity contribution in [2.24, 2.45) is 5.10 Å². The molecule has 0 saturated heterocycles. The molecule has 0 saturated carbocycles. The molecular formula is C23H20N6O3S2. The van der Waals surface area contributed by atoms with E-state index in [0.717, 1.165) is 16.3 Å². The van der Waals surface area contributed by atoms with Crippen LogP contribution in [0.3, 0.4) is 0 Å². The summed E-state index contributed by atoms with van der Waals surface area (Å²) in [6.07, 6.45) is 3.78. The highest BCUT2D eigenvalue weighted by Crippen LogP contribution is 2.36. The lowest BCUT2D eigenvalue weighted by atomic mass is 10.1. The second kappa shape index (κ2) is 9.65. The first-order valence-corrected chi connectivity index (χ1v) is 12.3. The number of carbonyl (C=O) groups excluding carboxylic acids is 2. The number of amides is 2. The normalized spacial score (nSPS) is 15.4. The number of nitrogens with one attached hydrogen (secondary N) is 1. The zero-order valence-corrected chi connectivity index (χ0v) is 19.8. The van der Waals surface area contributed by atoms with Crippen LogP contribution in [0.4, 0.5) is 5.69 Å². The highest BCUT2D eigenvalue weighted by Gasteiger charge is 2.34. The van der Waals surface area contributed by atoms with Crippen LogP contribution in [0.2, 0.25) is 0 Å². The molecule has 0 bridgehead atoms. The van der Waals surface area contributed by atoms with Gasteiger partial charge < -0.3 is 9.73 Å². The zero-order chi connectivity index (χ0) is 23.5. The summed E-state index contributed by atoms with van der Waals surface area (Å²) < 4.78 is 7.29. The van der Waals surface area contributed by atoms with Crippen molar-refractivity contribution in [2.45, 2.75) is 24.5 Å². The summed E-state index contributed by atoms with van der Waals surface area (Å²) >= 11 is 2.88. The number of hydrogen-bond acceptors (Lipinski definition) is 8. The number of nitrogens with zero attached hydrogens (tertiary/aromatic N) is 5. The first-order chi connectivity index (χ1) is 16.6. The lowest BCUT2D eigenvalue weighted by molar-refractivity contribution is -0.130. The fourth-order valence-corrected chi connectivity index (χ4v) is 5.26. The third-order valence-electron chi connectivity index (χ3n) is 5.13. The molecule has 0 spiro atoms. The topological polar surface area (TPSA) is 106 Å². The maximum absolute atomic E-state index is 13.3. The van der Waals surface area contributed by atoms with Crippen LogP contribution >= 0.6 is 23.1 Å². The van der Waals surface area contributed by atoms with Crippen LogP contribution in [-0.2, 0) is 9.59 Å². The highest BCUT2D eigenvalue weighted by atomic mass is 32.2. The molecule has 5 rings (SSSR count). The largest absolute Gasteiger partial charge is 0.463 e. The Balaban J connectivity index is 1.33. The van der Waals surface area contributed by atoms with E-state index in [1.165, 1.54) is 18.7 Å². The molecule has 34 heavy (non-hydrogen) atoms. The number of rotatable bonds is 7. The van der Waals surface area contributed by atoms with Crippen molar-refractivity contribution in [3.8, 4) is 5.69 Å². The van der Waals surface area contributed by atoms with Gasteiger partial charge in [0.25, 0.3) is 5.91 Å². The predicted molar refractivity (Wildman–Crippen MR) is 130 cm³/mol. The van der Waals surface area contributed by atoms with Gasteiger partial charge >= 0.3 is 0 Å². The van der Waals surface area contributed by atoms with Gasteiger partial charge in [-0.25, -0.2) is 5.01 Å². The minimum atomic E-state index is -0.166. The average molecular weight is 493 g/mol. The smallest absolute Gasteiger partial charge is 0.253 e. The summed E-state index contributed by atoms with van der Waals surface area (Å²) in [5.41, 5.74) is 2.20. The molecule has 1 aliphatic heterocycles. The van der Waals surface area contributed by atoms with Crippen molar-refractivity contribution in [3.05, 3.63) is 77.1 Å². The monoisotopic (exact) mass is 492 g/mol. The van der Waals surface area contributed by atoms with Gasteiger partial charge in [0.05, 0.1) is 23.7 Å². The van der Waals surface area contributed by atoms with Gasteiger partial charge in [-0.1, -0.05) is 23.9 Å². The number of thioether (sulfide) groups is 1. The Bertz CT molecular complexity index is 1330. The molecule has 172 valence electrons. The first kappa shape index (κ1) is 22.1. The Hall–Kier alpha value is -3.70. The molecular weight excluding hydrogens is 472 g/mol. The molecule has 0 aliphatic carbocycles. The van der Waals surface area contributed by atoms with Crippen molar-refractivity contribution < 1.29 is 14.0 Å². The number of carbonyl (C=O) groups is 2. The zero-order valence-electron chi connectivity index (χ0n) is 18.1. The Labute approximate surface area is 203 Å². The summed E-state index contributed by atoms with van der Waals surface area (Å²) in [5.74, 6) is 0.525. The van der Waals surface area contributed by atoms with Crippen LogP contribution in [0, 0.1) is 0 Å². The quantitative estimate of drug-likeness (QED) is 0.385. The number of thiophene rings is 1. The van der Waals surface area contributed by atoms with Crippen LogP contribution in [0.15, 0.2) is 81.2 Å². The molecule has 2 amide bonds. The van der Waals surface area contributed by atoms with Crippen molar-refractivity contribution in [1.29, 1.82) is 0 Å². The molecule has 0 radical (unpaired) electrons. The fourth-order valence-electron chi connectivity index (χ4n) is 3.66. The molecule has 1 N–H and O–H groups in total. The predicted octanol–water partition coefficient (Wildman–Crippen LogP) is 4.35. The van der Waals surface area contributed by atoms with Gasteiger partial charge in [-0.3, -0.25) is 14.2 Å². The Morgan fingerprint density at radius 1 is 1.24 bits per heavy atom. The number of furan rings is 1. The van der Waals surface area contributed by atoms with Gasteiger partial charge in [0.15, 0.2) is 5.16 Å². The van der Waals surface area contributed by atoms with Gasteiger partial charge in [-0.2, -0.15) is 5.10 Å². The molecule has 9 nitrogen and oxygen atoms in total. The molecule has 11 heteroatoms. The van der Waals surface area contributed by atoms with Crippen LogP contribution < -0.4 is 5.32 Å². The van der Waals surface area contributed by atoms with E-state index in [-0.39, 0.29) is 23.6 Å². The van der Waals surface area contributed by atoms with E-state index >= 15 is 0 Å². The minimum absolute atomic E-state index is 0.133. The van der Waals surface area contributed by atoms with Gasteiger partial charge in [0, 0.05) is 23.9 Å². The van der Waals surface area contributed by atoms with Crippen LogP contribution in [0.5, 0.6) is 0 Å². The van der Waals surface area contributed by atoms with Crippen LogP contribution in [0.1, 0.15) is 30.0 Å². The number of hydrogen-bond donors (Lipinski definition) is 1. The average Bonchev–Trinajstić information content (AvgIpc) is 3.62. The summed E-state index contributed by atoms with van der Waals surface area (Å²) in [6.45, 7) is 1.46. The standard InChI is InChI=1S/C23H20N6O3S2/c1-15(30)25-16-5-2-6-17(11-16)28-14-24-26-23(28)34-13-22(31)29-19(21-8-4-10-33-21)12-18(27-29)20-7-3-9-32-20/h2-11,14,19H,12-13H2,1H3,(H,25,30). The van der Waals surface area contributed by atoms with Crippen LogP contribution in [-0.4, -0.2) is 43.1 Å². The number of anilines is 1. The Kier molecular flexibility index (Phi) is 6.28. The van der Waals surface area contributed by atoms with Gasteiger partial charge in [0.2, 0.25) is 5.91 Å².